The lowest BCUT2D eigenvalue weighted by Gasteiger charge is -2.03. The number of nitrogens with one attached hydrogen (secondary N) is 2. The van der Waals surface area contributed by atoms with Gasteiger partial charge in [0.05, 0.1) is 5.56 Å². The van der Waals surface area contributed by atoms with E-state index in [1.54, 1.807) is 23.8 Å². The van der Waals surface area contributed by atoms with Gasteiger partial charge in [-0.3, -0.25) is 0 Å². The molecule has 0 radical (unpaired) electrons. The normalized spacial score (nSPS) is 11.2. The van der Waals surface area contributed by atoms with E-state index in [-0.39, 0.29) is 16.3 Å². The first-order valence-electron chi connectivity index (χ1n) is 4.72. The van der Waals surface area contributed by atoms with E-state index in [1.165, 1.54) is 6.07 Å². The van der Waals surface area contributed by atoms with Crippen molar-refractivity contribution in [1.29, 1.82) is 5.26 Å². The summed E-state index contributed by atoms with van der Waals surface area (Å²) in [5.41, 5.74) is 1.01. The Balaban J connectivity index is 2.18. The van der Waals surface area contributed by atoms with Crippen LogP contribution in [0, 0.1) is 11.3 Å². The Labute approximate surface area is 103 Å². The number of thiophene rings is 1. The SMILES string of the molecule is N#Cc1ccsc1S(=O)(=O)NCc1cc[nH]c1. The quantitative estimate of drug-likeness (QED) is 0.878. The van der Waals surface area contributed by atoms with Crippen LogP contribution in [0.2, 0.25) is 0 Å². The summed E-state index contributed by atoms with van der Waals surface area (Å²) in [6.07, 6.45) is 3.43. The molecular formula is C10H9N3O2S2. The van der Waals surface area contributed by atoms with Gasteiger partial charge in [0.15, 0.2) is 4.21 Å². The van der Waals surface area contributed by atoms with Gasteiger partial charge in [-0.15, -0.1) is 11.3 Å². The van der Waals surface area contributed by atoms with Crippen molar-refractivity contribution < 1.29 is 8.42 Å². The van der Waals surface area contributed by atoms with Crippen molar-refractivity contribution in [3.63, 3.8) is 0 Å². The number of H-pyrrole nitrogens is 1. The summed E-state index contributed by atoms with van der Waals surface area (Å²) in [4.78, 5) is 2.84. The molecule has 0 aliphatic heterocycles. The highest BCUT2D eigenvalue weighted by Gasteiger charge is 2.19. The molecule has 2 aromatic rings. The Kier molecular flexibility index (Phi) is 3.28. The summed E-state index contributed by atoms with van der Waals surface area (Å²) in [6.45, 7) is 0.203. The molecule has 0 saturated carbocycles. The molecule has 0 aliphatic carbocycles. The predicted octanol–water partition coefficient (Wildman–Crippen LogP) is 1.43. The number of aromatic nitrogens is 1. The number of rotatable bonds is 4. The summed E-state index contributed by atoms with van der Waals surface area (Å²) >= 11 is 1.04. The largest absolute Gasteiger partial charge is 0.367 e. The lowest BCUT2D eigenvalue weighted by Crippen LogP contribution is -2.22. The van der Waals surface area contributed by atoms with Gasteiger partial charge in [0, 0.05) is 18.9 Å². The van der Waals surface area contributed by atoms with Crippen molar-refractivity contribution in [2.75, 3.05) is 0 Å². The van der Waals surface area contributed by atoms with Crippen molar-refractivity contribution in [3.8, 4) is 6.07 Å². The molecule has 7 heteroatoms. The van der Waals surface area contributed by atoms with E-state index >= 15 is 0 Å². The number of hydrogen-bond acceptors (Lipinski definition) is 4. The number of aromatic amines is 1. The van der Waals surface area contributed by atoms with E-state index in [0.29, 0.717) is 0 Å². The molecule has 0 amide bonds. The lowest BCUT2D eigenvalue weighted by molar-refractivity contribution is 0.583. The van der Waals surface area contributed by atoms with Gasteiger partial charge in [0.1, 0.15) is 6.07 Å². The second kappa shape index (κ2) is 4.71. The van der Waals surface area contributed by atoms with Crippen molar-refractivity contribution in [3.05, 3.63) is 41.0 Å². The van der Waals surface area contributed by atoms with Crippen LogP contribution in [-0.2, 0) is 16.6 Å². The van der Waals surface area contributed by atoms with Crippen LogP contribution in [0.25, 0.3) is 0 Å². The molecule has 0 unspecified atom stereocenters. The predicted molar refractivity (Wildman–Crippen MR) is 63.9 cm³/mol. The van der Waals surface area contributed by atoms with Crippen LogP contribution in [-0.4, -0.2) is 13.4 Å². The van der Waals surface area contributed by atoms with Gasteiger partial charge in [0.2, 0.25) is 0 Å². The maximum atomic E-state index is 11.9. The van der Waals surface area contributed by atoms with E-state index in [1.807, 2.05) is 6.07 Å². The molecule has 2 aromatic heterocycles. The zero-order valence-corrected chi connectivity index (χ0v) is 10.3. The molecule has 0 atom stereocenters. The monoisotopic (exact) mass is 267 g/mol. The molecule has 0 aliphatic rings. The summed E-state index contributed by atoms with van der Waals surface area (Å²) in [7, 11) is -3.60. The van der Waals surface area contributed by atoms with E-state index in [9.17, 15) is 8.42 Å². The number of hydrogen-bond donors (Lipinski definition) is 2. The lowest BCUT2D eigenvalue weighted by atomic mass is 10.4. The standard InChI is InChI=1S/C10H9N3O2S2/c11-5-9-2-4-16-10(9)17(14,15)13-7-8-1-3-12-6-8/h1-4,6,12-13H,7H2. The third-order valence-electron chi connectivity index (χ3n) is 2.12. The van der Waals surface area contributed by atoms with Gasteiger partial charge in [-0.1, -0.05) is 0 Å². The minimum absolute atomic E-state index is 0.0653. The number of nitrogens with zero attached hydrogens (tertiary/aromatic N) is 1. The van der Waals surface area contributed by atoms with Crippen LogP contribution >= 0.6 is 11.3 Å². The summed E-state index contributed by atoms with van der Waals surface area (Å²) < 4.78 is 26.3. The van der Waals surface area contributed by atoms with Crippen LogP contribution in [0.15, 0.2) is 34.1 Å². The third kappa shape index (κ3) is 2.55. The fourth-order valence-electron chi connectivity index (χ4n) is 1.30. The topological polar surface area (TPSA) is 85.8 Å². The highest BCUT2D eigenvalue weighted by molar-refractivity contribution is 7.91. The molecule has 2 rings (SSSR count). The molecule has 2 N–H and O–H groups in total. The van der Waals surface area contributed by atoms with Crippen LogP contribution in [0.4, 0.5) is 0 Å². The maximum absolute atomic E-state index is 11.9. The summed E-state index contributed by atoms with van der Waals surface area (Å²) in [5, 5.41) is 10.4. The van der Waals surface area contributed by atoms with Crippen molar-refractivity contribution in [1.82, 2.24) is 9.71 Å². The maximum Gasteiger partial charge on any atom is 0.251 e. The van der Waals surface area contributed by atoms with Crippen LogP contribution in [0.3, 0.4) is 0 Å². The zero-order chi connectivity index (χ0) is 12.3. The molecule has 0 fully saturated rings. The Morgan fingerprint density at radius 1 is 1.47 bits per heavy atom. The molecule has 5 nitrogen and oxygen atoms in total. The zero-order valence-electron chi connectivity index (χ0n) is 8.67. The third-order valence-corrected chi connectivity index (χ3v) is 5.01. The first kappa shape index (κ1) is 11.9. The smallest absolute Gasteiger partial charge is 0.251 e. The van der Waals surface area contributed by atoms with Crippen molar-refractivity contribution >= 4 is 21.4 Å². The van der Waals surface area contributed by atoms with Gasteiger partial charge >= 0.3 is 0 Å². The molecule has 2 heterocycles. The molecule has 0 aromatic carbocycles. The number of nitriles is 1. The summed E-state index contributed by atoms with van der Waals surface area (Å²) in [6, 6.07) is 5.14. The highest BCUT2D eigenvalue weighted by Crippen LogP contribution is 2.21. The first-order valence-corrected chi connectivity index (χ1v) is 7.08. The first-order chi connectivity index (χ1) is 8.13. The Morgan fingerprint density at radius 3 is 2.94 bits per heavy atom. The second-order valence-corrected chi connectivity index (χ2v) is 6.16. The molecule has 17 heavy (non-hydrogen) atoms. The molecule has 0 spiro atoms. The van der Waals surface area contributed by atoms with Gasteiger partial charge in [-0.05, 0) is 23.1 Å². The average molecular weight is 267 g/mol. The molecule has 0 bridgehead atoms. The molecule has 88 valence electrons. The van der Waals surface area contributed by atoms with Crippen LogP contribution < -0.4 is 4.72 Å². The van der Waals surface area contributed by atoms with Gasteiger partial charge in [-0.2, -0.15) is 5.26 Å². The minimum atomic E-state index is -3.60. The van der Waals surface area contributed by atoms with E-state index in [4.69, 9.17) is 5.26 Å². The fraction of sp³-hybridized carbons (Fsp3) is 0.100. The van der Waals surface area contributed by atoms with E-state index in [0.717, 1.165) is 16.9 Å². The van der Waals surface area contributed by atoms with Crippen molar-refractivity contribution in [2.45, 2.75) is 10.8 Å². The van der Waals surface area contributed by atoms with Gasteiger partial charge in [-0.25, -0.2) is 13.1 Å². The number of sulfonamides is 1. The summed E-state index contributed by atoms with van der Waals surface area (Å²) in [5.74, 6) is 0. The second-order valence-electron chi connectivity index (χ2n) is 3.28. The van der Waals surface area contributed by atoms with E-state index in [2.05, 4.69) is 9.71 Å². The van der Waals surface area contributed by atoms with Crippen LogP contribution in [0.5, 0.6) is 0 Å². The Bertz CT molecular complexity index is 635. The Morgan fingerprint density at radius 2 is 2.29 bits per heavy atom. The average Bonchev–Trinajstić information content (AvgIpc) is 2.97. The fourth-order valence-corrected chi connectivity index (χ4v) is 3.61. The minimum Gasteiger partial charge on any atom is -0.367 e. The van der Waals surface area contributed by atoms with Gasteiger partial charge in [0.25, 0.3) is 10.0 Å². The van der Waals surface area contributed by atoms with E-state index < -0.39 is 10.0 Å². The highest BCUT2D eigenvalue weighted by atomic mass is 32.2. The van der Waals surface area contributed by atoms with Gasteiger partial charge < -0.3 is 4.98 Å². The van der Waals surface area contributed by atoms with Crippen LogP contribution in [0.1, 0.15) is 11.1 Å². The van der Waals surface area contributed by atoms with Crippen molar-refractivity contribution in [2.24, 2.45) is 0 Å². The Hall–Kier alpha value is -1.62. The molecule has 0 saturated heterocycles. The molecular weight excluding hydrogens is 258 g/mol.